The predicted molar refractivity (Wildman–Crippen MR) is 103 cm³/mol. The van der Waals surface area contributed by atoms with E-state index in [4.69, 9.17) is 4.74 Å². The molecule has 1 aromatic heterocycles. The molecule has 0 spiro atoms. The summed E-state index contributed by atoms with van der Waals surface area (Å²) < 4.78 is 47.0. The molecule has 0 amide bonds. The van der Waals surface area contributed by atoms with Crippen molar-refractivity contribution in [3.63, 3.8) is 0 Å². The van der Waals surface area contributed by atoms with Crippen molar-refractivity contribution in [1.29, 1.82) is 0 Å². The van der Waals surface area contributed by atoms with Gasteiger partial charge in [-0.1, -0.05) is 0 Å². The Morgan fingerprint density at radius 3 is 2.59 bits per heavy atom. The summed E-state index contributed by atoms with van der Waals surface area (Å²) in [6, 6.07) is 7.63. The summed E-state index contributed by atoms with van der Waals surface area (Å²) in [5, 5.41) is 0.816. The number of ether oxygens (including phenoxy) is 1. The average Bonchev–Trinajstić information content (AvgIpc) is 2.99. The summed E-state index contributed by atoms with van der Waals surface area (Å²) >= 11 is 0. The molecule has 0 aliphatic carbocycles. The van der Waals surface area contributed by atoms with Crippen LogP contribution < -0.4 is 4.74 Å². The first-order chi connectivity index (χ1) is 12.7. The highest BCUT2D eigenvalue weighted by molar-refractivity contribution is 7.90. The Morgan fingerprint density at radius 1 is 1.19 bits per heavy atom. The monoisotopic (exact) mass is 388 g/mol. The van der Waals surface area contributed by atoms with Gasteiger partial charge in [-0.3, -0.25) is 0 Å². The quantitative estimate of drug-likeness (QED) is 0.537. The molecule has 7 heteroatoms. The van der Waals surface area contributed by atoms with E-state index in [1.54, 1.807) is 19.4 Å². The molecular weight excluding hydrogens is 367 g/mol. The maximum absolute atomic E-state index is 13.9. The Kier molecular flexibility index (Phi) is 4.05. The molecule has 1 aliphatic rings. The van der Waals surface area contributed by atoms with Crippen LogP contribution in [0.5, 0.6) is 5.75 Å². The molecule has 2 heterocycles. The van der Waals surface area contributed by atoms with Crippen LogP contribution in [0.25, 0.3) is 22.0 Å². The van der Waals surface area contributed by atoms with Gasteiger partial charge in [-0.2, -0.15) is 0 Å². The molecule has 0 N–H and O–H groups in total. The number of hydrogen-bond donors (Lipinski definition) is 0. The molecule has 0 bridgehead atoms. The van der Waals surface area contributed by atoms with Gasteiger partial charge in [-0.25, -0.2) is 16.8 Å². The number of methoxy groups -OCH3 is 1. The molecule has 0 radical (unpaired) electrons. The minimum atomic E-state index is -3.78. The van der Waals surface area contributed by atoms with Crippen molar-refractivity contribution in [2.75, 3.05) is 21.2 Å². The standard InChI is InChI=1S/C20H21FN2O3S/c1-12(22(2)3)7-13-11-23-20-16(13)9-15(26-4)10-18(20)17-8-14(21)5-6-19(17)27(23,24)25/h5-6,8-12H,7H2,1-4H3. The van der Waals surface area contributed by atoms with E-state index in [1.165, 1.54) is 22.2 Å². The lowest BCUT2D eigenvalue weighted by Crippen LogP contribution is -2.26. The van der Waals surface area contributed by atoms with Crippen LogP contribution in [-0.4, -0.2) is 44.5 Å². The number of likely N-dealkylation sites (N-methyl/N-ethyl adjacent to an activating group) is 1. The Labute approximate surface area is 158 Å². The van der Waals surface area contributed by atoms with Gasteiger partial charge in [0.05, 0.1) is 17.5 Å². The van der Waals surface area contributed by atoms with Crippen molar-refractivity contribution in [2.24, 2.45) is 0 Å². The largest absolute Gasteiger partial charge is 0.497 e. The minimum Gasteiger partial charge on any atom is -0.497 e. The van der Waals surface area contributed by atoms with Crippen LogP contribution in [0.1, 0.15) is 12.5 Å². The normalized spacial score (nSPS) is 15.8. The van der Waals surface area contributed by atoms with Crippen LogP contribution in [0.3, 0.4) is 0 Å². The maximum atomic E-state index is 13.9. The van der Waals surface area contributed by atoms with Crippen LogP contribution in [0, 0.1) is 5.82 Å². The molecule has 1 atom stereocenters. The number of hydrogen-bond acceptors (Lipinski definition) is 4. The summed E-state index contributed by atoms with van der Waals surface area (Å²) in [5.74, 6) is 0.143. The molecule has 5 nitrogen and oxygen atoms in total. The van der Waals surface area contributed by atoms with Crippen LogP contribution in [0.15, 0.2) is 41.4 Å². The van der Waals surface area contributed by atoms with Gasteiger partial charge in [0.2, 0.25) is 0 Å². The Morgan fingerprint density at radius 2 is 1.93 bits per heavy atom. The van der Waals surface area contributed by atoms with E-state index in [-0.39, 0.29) is 10.9 Å². The predicted octanol–water partition coefficient (Wildman–Crippen LogP) is 3.50. The lowest BCUT2D eigenvalue weighted by Gasteiger charge is -2.20. The third-order valence-electron chi connectivity index (χ3n) is 5.32. The fourth-order valence-electron chi connectivity index (χ4n) is 3.59. The zero-order valence-corrected chi connectivity index (χ0v) is 16.5. The molecular formula is C20H21FN2O3S. The molecule has 0 fully saturated rings. The summed E-state index contributed by atoms with van der Waals surface area (Å²) in [5.41, 5.74) is 2.53. The number of benzene rings is 2. The summed E-state index contributed by atoms with van der Waals surface area (Å²) in [6.45, 7) is 2.09. The Bertz CT molecular complexity index is 1170. The van der Waals surface area contributed by atoms with E-state index in [0.29, 0.717) is 28.8 Å². The van der Waals surface area contributed by atoms with Gasteiger partial charge in [0.25, 0.3) is 10.0 Å². The van der Waals surface area contributed by atoms with Crippen LogP contribution in [-0.2, 0) is 16.4 Å². The average molecular weight is 388 g/mol. The highest BCUT2D eigenvalue weighted by atomic mass is 32.2. The first-order valence-electron chi connectivity index (χ1n) is 8.68. The van der Waals surface area contributed by atoms with Crippen molar-refractivity contribution in [3.8, 4) is 16.9 Å². The zero-order chi connectivity index (χ0) is 19.5. The van der Waals surface area contributed by atoms with Crippen LogP contribution >= 0.6 is 0 Å². The molecule has 2 aromatic carbocycles. The van der Waals surface area contributed by atoms with E-state index in [1.807, 2.05) is 20.2 Å². The first kappa shape index (κ1) is 18.0. The van der Waals surface area contributed by atoms with Crippen LogP contribution in [0.4, 0.5) is 4.39 Å². The van der Waals surface area contributed by atoms with Crippen molar-refractivity contribution in [2.45, 2.75) is 24.3 Å². The van der Waals surface area contributed by atoms with Gasteiger partial charge in [0.15, 0.2) is 0 Å². The fraction of sp³-hybridized carbons (Fsp3) is 0.300. The maximum Gasteiger partial charge on any atom is 0.268 e. The van der Waals surface area contributed by atoms with E-state index in [0.717, 1.165) is 10.9 Å². The van der Waals surface area contributed by atoms with Gasteiger partial charge in [-0.05, 0) is 63.3 Å². The highest BCUT2D eigenvalue weighted by Crippen LogP contribution is 2.44. The van der Waals surface area contributed by atoms with Crippen molar-refractivity contribution in [3.05, 3.63) is 47.9 Å². The van der Waals surface area contributed by atoms with E-state index in [2.05, 4.69) is 11.8 Å². The van der Waals surface area contributed by atoms with E-state index < -0.39 is 15.8 Å². The second-order valence-electron chi connectivity index (χ2n) is 7.18. The SMILES string of the molecule is COc1cc2c3c(c1)c(CC(C)N(C)C)cn3S(=O)(=O)c1ccc(F)cc1-2. The molecule has 27 heavy (non-hydrogen) atoms. The second kappa shape index (κ2) is 6.07. The molecule has 4 rings (SSSR count). The van der Waals surface area contributed by atoms with Crippen molar-refractivity contribution >= 4 is 20.9 Å². The highest BCUT2D eigenvalue weighted by Gasteiger charge is 2.32. The summed E-state index contributed by atoms with van der Waals surface area (Å²) in [7, 11) is 1.76. The Balaban J connectivity index is 2.09. The third kappa shape index (κ3) is 2.64. The summed E-state index contributed by atoms with van der Waals surface area (Å²) in [6.07, 6.45) is 2.37. The second-order valence-corrected chi connectivity index (χ2v) is 8.97. The zero-order valence-electron chi connectivity index (χ0n) is 15.7. The number of halogens is 1. The minimum absolute atomic E-state index is 0.105. The number of nitrogens with zero attached hydrogens (tertiary/aromatic N) is 2. The topological polar surface area (TPSA) is 51.5 Å². The third-order valence-corrected chi connectivity index (χ3v) is 7.04. The van der Waals surface area contributed by atoms with Gasteiger partial charge < -0.3 is 9.64 Å². The number of rotatable bonds is 4. The van der Waals surface area contributed by atoms with Crippen molar-refractivity contribution in [1.82, 2.24) is 8.87 Å². The number of aromatic nitrogens is 1. The molecule has 0 saturated carbocycles. The van der Waals surface area contributed by atoms with Crippen LogP contribution in [0.2, 0.25) is 0 Å². The van der Waals surface area contributed by atoms with E-state index >= 15 is 0 Å². The van der Waals surface area contributed by atoms with Gasteiger partial charge in [-0.15, -0.1) is 0 Å². The first-order valence-corrected chi connectivity index (χ1v) is 10.1. The summed E-state index contributed by atoms with van der Waals surface area (Å²) in [4.78, 5) is 2.19. The molecule has 0 saturated heterocycles. The molecule has 142 valence electrons. The van der Waals surface area contributed by atoms with E-state index in [9.17, 15) is 12.8 Å². The molecule has 1 aliphatic heterocycles. The lowest BCUT2D eigenvalue weighted by molar-refractivity contribution is 0.313. The van der Waals surface area contributed by atoms with Gasteiger partial charge in [0.1, 0.15) is 11.6 Å². The van der Waals surface area contributed by atoms with Gasteiger partial charge >= 0.3 is 0 Å². The smallest absolute Gasteiger partial charge is 0.268 e. The molecule has 1 unspecified atom stereocenters. The number of fused-ring (bicyclic) bond motifs is 2. The Hall–Kier alpha value is -2.38. The lowest BCUT2D eigenvalue weighted by atomic mass is 9.99. The van der Waals surface area contributed by atoms with Gasteiger partial charge in [0, 0.05) is 28.8 Å². The fourth-order valence-corrected chi connectivity index (χ4v) is 5.19. The van der Waals surface area contributed by atoms with Crippen molar-refractivity contribution < 1.29 is 17.5 Å². The molecule has 3 aromatic rings.